The predicted molar refractivity (Wildman–Crippen MR) is 57.8 cm³/mol. The quantitative estimate of drug-likeness (QED) is 0.749. The van der Waals surface area contributed by atoms with Gasteiger partial charge in [0.1, 0.15) is 5.82 Å². The summed E-state index contributed by atoms with van der Waals surface area (Å²) in [5.41, 5.74) is -0.704. The Morgan fingerprint density at radius 3 is 2.47 bits per heavy atom. The molecular formula is C11H13F3N3. The van der Waals surface area contributed by atoms with Gasteiger partial charge in [0.05, 0.1) is 5.56 Å². The Morgan fingerprint density at radius 1 is 1.24 bits per heavy atom. The fourth-order valence-corrected chi connectivity index (χ4v) is 1.83. The Morgan fingerprint density at radius 2 is 1.88 bits per heavy atom. The van der Waals surface area contributed by atoms with E-state index in [0.29, 0.717) is 13.1 Å². The van der Waals surface area contributed by atoms with E-state index in [1.807, 2.05) is 7.05 Å². The third-order valence-corrected chi connectivity index (χ3v) is 2.84. The van der Waals surface area contributed by atoms with Crippen molar-refractivity contribution < 1.29 is 13.2 Å². The number of piperazine rings is 1. The van der Waals surface area contributed by atoms with Crippen LogP contribution < -0.4 is 4.90 Å². The number of anilines is 1. The average Bonchev–Trinajstić information content (AvgIpc) is 2.29. The number of rotatable bonds is 1. The number of halogens is 3. The first-order chi connectivity index (χ1) is 7.98. The SMILES string of the molecule is CN1CCN(c2nc[c]cc2C(F)(F)F)CC1. The lowest BCUT2D eigenvalue weighted by atomic mass is 10.2. The molecule has 3 nitrogen and oxygen atoms in total. The van der Waals surface area contributed by atoms with Crippen molar-refractivity contribution in [1.29, 1.82) is 0 Å². The maximum absolute atomic E-state index is 12.8. The first-order valence-electron chi connectivity index (χ1n) is 5.35. The topological polar surface area (TPSA) is 19.4 Å². The highest BCUT2D eigenvalue weighted by Gasteiger charge is 2.36. The Hall–Kier alpha value is -1.30. The third-order valence-electron chi connectivity index (χ3n) is 2.84. The molecule has 1 aliphatic heterocycles. The molecule has 0 atom stereocenters. The lowest BCUT2D eigenvalue weighted by Gasteiger charge is -2.34. The Labute approximate surface area is 97.9 Å². The number of pyridine rings is 1. The minimum atomic E-state index is -4.37. The molecule has 0 spiro atoms. The van der Waals surface area contributed by atoms with E-state index >= 15 is 0 Å². The van der Waals surface area contributed by atoms with Gasteiger partial charge in [0, 0.05) is 38.4 Å². The van der Waals surface area contributed by atoms with E-state index in [4.69, 9.17) is 0 Å². The van der Waals surface area contributed by atoms with E-state index in [1.54, 1.807) is 4.90 Å². The summed E-state index contributed by atoms with van der Waals surface area (Å²) in [6.07, 6.45) is -3.09. The number of aromatic nitrogens is 1. The summed E-state index contributed by atoms with van der Waals surface area (Å²) in [5.74, 6) is 0.0179. The molecule has 1 aromatic heterocycles. The van der Waals surface area contributed by atoms with E-state index in [0.717, 1.165) is 19.2 Å². The Balaban J connectivity index is 2.26. The lowest BCUT2D eigenvalue weighted by Crippen LogP contribution is -2.45. The maximum atomic E-state index is 12.8. The van der Waals surface area contributed by atoms with E-state index in [2.05, 4.69) is 16.0 Å². The molecule has 0 saturated carbocycles. The van der Waals surface area contributed by atoms with Crippen molar-refractivity contribution in [3.05, 3.63) is 23.9 Å². The third kappa shape index (κ3) is 2.69. The van der Waals surface area contributed by atoms with Crippen molar-refractivity contribution >= 4 is 5.82 Å². The number of hydrogen-bond acceptors (Lipinski definition) is 3. The van der Waals surface area contributed by atoms with Crippen LogP contribution in [0.15, 0.2) is 12.3 Å². The molecule has 17 heavy (non-hydrogen) atoms. The number of likely N-dealkylation sites (N-methyl/N-ethyl adjacent to an activating group) is 1. The zero-order chi connectivity index (χ0) is 12.5. The normalized spacial score (nSPS) is 18.5. The van der Waals surface area contributed by atoms with Gasteiger partial charge in [-0.1, -0.05) is 0 Å². The van der Waals surface area contributed by atoms with Crippen molar-refractivity contribution in [2.45, 2.75) is 6.18 Å². The van der Waals surface area contributed by atoms with E-state index < -0.39 is 11.7 Å². The summed E-state index contributed by atoms with van der Waals surface area (Å²) in [7, 11) is 1.95. The fourth-order valence-electron chi connectivity index (χ4n) is 1.83. The van der Waals surface area contributed by atoms with Gasteiger partial charge in [0.2, 0.25) is 0 Å². The van der Waals surface area contributed by atoms with Crippen LogP contribution in [0.5, 0.6) is 0 Å². The van der Waals surface area contributed by atoms with Gasteiger partial charge in [-0.2, -0.15) is 13.2 Å². The number of hydrogen-bond donors (Lipinski definition) is 0. The minimum Gasteiger partial charge on any atom is -0.354 e. The molecule has 1 saturated heterocycles. The van der Waals surface area contributed by atoms with Gasteiger partial charge in [-0.25, -0.2) is 4.98 Å². The van der Waals surface area contributed by atoms with Crippen molar-refractivity contribution in [2.24, 2.45) is 0 Å². The van der Waals surface area contributed by atoms with E-state index in [1.165, 1.54) is 6.20 Å². The lowest BCUT2D eigenvalue weighted by molar-refractivity contribution is -0.137. The Bertz CT molecular complexity index is 384. The molecule has 0 N–H and O–H groups in total. The summed E-state index contributed by atoms with van der Waals surface area (Å²) in [5, 5.41) is 0. The monoisotopic (exact) mass is 244 g/mol. The van der Waals surface area contributed by atoms with Gasteiger partial charge < -0.3 is 9.80 Å². The van der Waals surface area contributed by atoms with Gasteiger partial charge >= 0.3 is 6.18 Å². The smallest absolute Gasteiger partial charge is 0.354 e. The van der Waals surface area contributed by atoms with Crippen LogP contribution in [0, 0.1) is 6.07 Å². The van der Waals surface area contributed by atoms with Gasteiger partial charge in [0.15, 0.2) is 0 Å². The van der Waals surface area contributed by atoms with Crippen LogP contribution in [0.3, 0.4) is 0 Å². The highest BCUT2D eigenvalue weighted by molar-refractivity contribution is 5.48. The second-order valence-corrected chi connectivity index (χ2v) is 4.09. The van der Waals surface area contributed by atoms with Crippen molar-refractivity contribution in [3.8, 4) is 0 Å². The standard InChI is InChI=1S/C11H13F3N3/c1-16-5-7-17(8-6-16)10-9(11(12,13)14)3-2-4-15-10/h3-4H,5-8H2,1H3. The summed E-state index contributed by atoms with van der Waals surface area (Å²) in [6, 6.07) is 3.35. The van der Waals surface area contributed by atoms with Gasteiger partial charge in [-0.15, -0.1) is 0 Å². The molecule has 1 radical (unpaired) electrons. The van der Waals surface area contributed by atoms with Crippen molar-refractivity contribution in [1.82, 2.24) is 9.88 Å². The van der Waals surface area contributed by atoms with Crippen LogP contribution in [0.2, 0.25) is 0 Å². The zero-order valence-electron chi connectivity index (χ0n) is 9.46. The van der Waals surface area contributed by atoms with Gasteiger partial charge in [-0.05, 0) is 13.1 Å². The summed E-state index contributed by atoms with van der Waals surface area (Å²) < 4.78 is 38.3. The highest BCUT2D eigenvalue weighted by atomic mass is 19.4. The second kappa shape index (κ2) is 4.52. The first-order valence-corrected chi connectivity index (χ1v) is 5.35. The van der Waals surface area contributed by atoms with Crippen LogP contribution in [0.1, 0.15) is 5.56 Å². The molecule has 0 amide bonds. The minimum absolute atomic E-state index is 0.0179. The van der Waals surface area contributed by atoms with Crippen molar-refractivity contribution in [2.75, 3.05) is 38.1 Å². The number of alkyl halides is 3. The second-order valence-electron chi connectivity index (χ2n) is 4.09. The molecule has 0 aliphatic carbocycles. The van der Waals surface area contributed by atoms with Gasteiger partial charge in [0.25, 0.3) is 0 Å². The molecular weight excluding hydrogens is 231 g/mol. The fraction of sp³-hybridized carbons (Fsp3) is 0.545. The molecule has 1 aromatic rings. The molecule has 6 heteroatoms. The zero-order valence-corrected chi connectivity index (χ0v) is 9.46. The van der Waals surface area contributed by atoms with Crippen LogP contribution in [0.4, 0.5) is 19.0 Å². The maximum Gasteiger partial charge on any atom is 0.419 e. The summed E-state index contributed by atoms with van der Waals surface area (Å²) >= 11 is 0. The molecule has 0 aromatic carbocycles. The molecule has 1 fully saturated rings. The first kappa shape index (κ1) is 12.2. The van der Waals surface area contributed by atoms with Crippen LogP contribution in [-0.4, -0.2) is 43.1 Å². The van der Waals surface area contributed by atoms with Crippen LogP contribution in [-0.2, 0) is 6.18 Å². The Kier molecular flexibility index (Phi) is 3.24. The van der Waals surface area contributed by atoms with Gasteiger partial charge in [-0.3, -0.25) is 0 Å². The van der Waals surface area contributed by atoms with Crippen LogP contribution >= 0.6 is 0 Å². The molecule has 2 heterocycles. The molecule has 2 rings (SSSR count). The number of nitrogens with zero attached hydrogens (tertiary/aromatic N) is 3. The van der Waals surface area contributed by atoms with E-state index in [-0.39, 0.29) is 5.82 Å². The molecule has 1 aliphatic rings. The summed E-state index contributed by atoms with van der Waals surface area (Å²) in [6.45, 7) is 2.63. The summed E-state index contributed by atoms with van der Waals surface area (Å²) in [4.78, 5) is 7.59. The average molecular weight is 244 g/mol. The predicted octanol–water partition coefficient (Wildman–Crippen LogP) is 1.65. The highest BCUT2D eigenvalue weighted by Crippen LogP contribution is 2.35. The molecule has 93 valence electrons. The molecule has 0 unspecified atom stereocenters. The molecule has 0 bridgehead atoms. The van der Waals surface area contributed by atoms with E-state index in [9.17, 15) is 13.2 Å². The largest absolute Gasteiger partial charge is 0.419 e. The van der Waals surface area contributed by atoms with Crippen LogP contribution in [0.25, 0.3) is 0 Å². The van der Waals surface area contributed by atoms with Crippen molar-refractivity contribution in [3.63, 3.8) is 0 Å².